The molecule has 0 radical (unpaired) electrons. The second-order valence-electron chi connectivity index (χ2n) is 4.14. The first-order valence-corrected chi connectivity index (χ1v) is 6.04. The molecule has 0 bridgehead atoms. The van der Waals surface area contributed by atoms with Crippen LogP contribution < -0.4 is 10.7 Å². The quantitative estimate of drug-likeness (QED) is 0.769. The van der Waals surface area contributed by atoms with E-state index < -0.39 is 5.97 Å². The molecular weight excluding hydrogens is 248 g/mol. The Hall–Kier alpha value is -2.11. The average molecular weight is 266 g/mol. The molecule has 0 aliphatic rings. The van der Waals surface area contributed by atoms with E-state index in [2.05, 4.69) is 5.32 Å². The summed E-state index contributed by atoms with van der Waals surface area (Å²) in [5, 5.41) is 2.47. The van der Waals surface area contributed by atoms with Gasteiger partial charge in [-0.3, -0.25) is 14.4 Å². The largest absolute Gasteiger partial charge is 0.465 e. The maximum Gasteiger partial charge on any atom is 0.325 e. The van der Waals surface area contributed by atoms with E-state index in [0.29, 0.717) is 11.4 Å². The maximum atomic E-state index is 11.7. The summed E-state index contributed by atoms with van der Waals surface area (Å²) in [7, 11) is 0. The van der Waals surface area contributed by atoms with Crippen LogP contribution >= 0.6 is 0 Å². The molecule has 1 aromatic heterocycles. The minimum absolute atomic E-state index is 0.0668. The van der Waals surface area contributed by atoms with Crippen LogP contribution in [0.15, 0.2) is 16.9 Å². The second kappa shape index (κ2) is 6.72. The predicted octanol–water partition coefficient (Wildman–Crippen LogP) is 0.144. The van der Waals surface area contributed by atoms with E-state index in [9.17, 15) is 14.4 Å². The topological polar surface area (TPSA) is 77.4 Å². The number of aryl methyl sites for hydroxylation is 2. The van der Waals surface area contributed by atoms with Crippen LogP contribution in [0.1, 0.15) is 18.3 Å². The van der Waals surface area contributed by atoms with Crippen LogP contribution in [0.5, 0.6) is 0 Å². The zero-order valence-electron chi connectivity index (χ0n) is 11.4. The Morgan fingerprint density at radius 3 is 2.37 bits per heavy atom. The summed E-state index contributed by atoms with van der Waals surface area (Å²) in [5.74, 6) is -0.771. The van der Waals surface area contributed by atoms with Gasteiger partial charge < -0.3 is 14.6 Å². The molecule has 0 aromatic carbocycles. The summed E-state index contributed by atoms with van der Waals surface area (Å²) in [4.78, 5) is 34.0. The Labute approximate surface area is 111 Å². The van der Waals surface area contributed by atoms with Crippen molar-refractivity contribution < 1.29 is 14.3 Å². The second-order valence-corrected chi connectivity index (χ2v) is 4.14. The van der Waals surface area contributed by atoms with E-state index >= 15 is 0 Å². The molecule has 0 saturated carbocycles. The summed E-state index contributed by atoms with van der Waals surface area (Å²) in [6, 6.07) is 2.93. The standard InChI is InChI=1S/C13H18N2O4/c1-4-19-13(18)7-14-12(17)8-15-9(2)5-11(16)6-10(15)3/h5-6H,4,7-8H2,1-3H3,(H,14,17). The highest BCUT2D eigenvalue weighted by atomic mass is 16.5. The van der Waals surface area contributed by atoms with Gasteiger partial charge in [-0.05, 0) is 20.8 Å². The number of hydrogen-bond acceptors (Lipinski definition) is 4. The molecule has 0 fully saturated rings. The number of hydrogen-bond donors (Lipinski definition) is 1. The first-order valence-electron chi connectivity index (χ1n) is 6.04. The highest BCUT2D eigenvalue weighted by molar-refractivity contribution is 5.81. The fourth-order valence-electron chi connectivity index (χ4n) is 1.72. The third-order valence-electron chi connectivity index (χ3n) is 2.59. The summed E-state index contributed by atoms with van der Waals surface area (Å²) < 4.78 is 6.41. The van der Waals surface area contributed by atoms with Crippen molar-refractivity contribution in [2.45, 2.75) is 27.3 Å². The van der Waals surface area contributed by atoms with Crippen LogP contribution in [-0.4, -0.2) is 29.6 Å². The van der Waals surface area contributed by atoms with Crippen LogP contribution in [0.25, 0.3) is 0 Å². The molecule has 0 atom stereocenters. The highest BCUT2D eigenvalue weighted by Gasteiger charge is 2.09. The van der Waals surface area contributed by atoms with E-state index in [1.807, 2.05) is 0 Å². The van der Waals surface area contributed by atoms with Gasteiger partial charge in [-0.25, -0.2) is 0 Å². The molecule has 0 saturated heterocycles. The third kappa shape index (κ3) is 4.57. The Balaban J connectivity index is 2.63. The lowest BCUT2D eigenvalue weighted by Crippen LogP contribution is -2.34. The fourth-order valence-corrected chi connectivity index (χ4v) is 1.72. The third-order valence-corrected chi connectivity index (χ3v) is 2.59. The Kier molecular flexibility index (Phi) is 5.29. The smallest absolute Gasteiger partial charge is 0.325 e. The van der Waals surface area contributed by atoms with Crippen LogP contribution in [-0.2, 0) is 20.9 Å². The predicted molar refractivity (Wildman–Crippen MR) is 69.8 cm³/mol. The molecular formula is C13H18N2O4. The molecule has 1 rings (SSSR count). The van der Waals surface area contributed by atoms with Gasteiger partial charge >= 0.3 is 5.97 Å². The van der Waals surface area contributed by atoms with Gasteiger partial charge in [0, 0.05) is 23.5 Å². The number of ether oxygens (including phenoxy) is 1. The number of amides is 1. The van der Waals surface area contributed by atoms with Crippen molar-refractivity contribution in [3.05, 3.63) is 33.7 Å². The highest BCUT2D eigenvalue weighted by Crippen LogP contribution is 2.00. The zero-order valence-corrected chi connectivity index (χ0v) is 11.4. The Morgan fingerprint density at radius 2 is 1.84 bits per heavy atom. The number of carbonyl (C=O) groups is 2. The lowest BCUT2D eigenvalue weighted by molar-refractivity contribution is -0.143. The zero-order chi connectivity index (χ0) is 14.4. The van der Waals surface area contributed by atoms with E-state index in [4.69, 9.17) is 4.74 Å². The first kappa shape index (κ1) is 14.9. The van der Waals surface area contributed by atoms with E-state index in [-0.39, 0.29) is 31.0 Å². The van der Waals surface area contributed by atoms with E-state index in [0.717, 1.165) is 0 Å². The molecule has 1 N–H and O–H groups in total. The van der Waals surface area contributed by atoms with Gasteiger partial charge in [0.2, 0.25) is 5.91 Å². The van der Waals surface area contributed by atoms with Gasteiger partial charge in [0.25, 0.3) is 0 Å². The van der Waals surface area contributed by atoms with E-state index in [1.54, 1.807) is 25.3 Å². The van der Waals surface area contributed by atoms with Gasteiger partial charge in [0.15, 0.2) is 5.43 Å². The number of carbonyl (C=O) groups excluding carboxylic acids is 2. The van der Waals surface area contributed by atoms with Crippen molar-refractivity contribution in [2.75, 3.05) is 13.2 Å². The molecule has 0 unspecified atom stereocenters. The number of rotatable bonds is 5. The summed E-state index contributed by atoms with van der Waals surface area (Å²) in [6.45, 7) is 5.42. The van der Waals surface area contributed by atoms with Crippen molar-refractivity contribution in [3.63, 3.8) is 0 Å². The van der Waals surface area contributed by atoms with Gasteiger partial charge in [0.1, 0.15) is 13.1 Å². The summed E-state index contributed by atoms with van der Waals surface area (Å²) >= 11 is 0. The van der Waals surface area contributed by atoms with Crippen LogP contribution in [0.4, 0.5) is 0 Å². The minimum atomic E-state index is -0.468. The first-order chi connectivity index (χ1) is 8.93. The van der Waals surface area contributed by atoms with Crippen molar-refractivity contribution in [3.8, 4) is 0 Å². The van der Waals surface area contributed by atoms with Crippen LogP contribution in [0.3, 0.4) is 0 Å². The average Bonchev–Trinajstić information content (AvgIpc) is 2.31. The molecule has 104 valence electrons. The van der Waals surface area contributed by atoms with E-state index in [1.165, 1.54) is 12.1 Å². The number of pyridine rings is 1. The number of nitrogens with one attached hydrogen (secondary N) is 1. The molecule has 1 aromatic rings. The minimum Gasteiger partial charge on any atom is -0.465 e. The van der Waals surface area contributed by atoms with Crippen molar-refractivity contribution >= 4 is 11.9 Å². The lowest BCUT2D eigenvalue weighted by atomic mass is 10.3. The molecule has 19 heavy (non-hydrogen) atoms. The fraction of sp³-hybridized carbons (Fsp3) is 0.462. The van der Waals surface area contributed by atoms with Crippen LogP contribution in [0, 0.1) is 13.8 Å². The molecule has 1 amide bonds. The lowest BCUT2D eigenvalue weighted by Gasteiger charge is -2.13. The van der Waals surface area contributed by atoms with Crippen molar-refractivity contribution in [1.82, 2.24) is 9.88 Å². The van der Waals surface area contributed by atoms with Crippen LogP contribution in [0.2, 0.25) is 0 Å². The van der Waals surface area contributed by atoms with Gasteiger partial charge in [-0.1, -0.05) is 0 Å². The molecule has 0 spiro atoms. The van der Waals surface area contributed by atoms with Crippen molar-refractivity contribution in [2.24, 2.45) is 0 Å². The Bertz CT molecular complexity index is 508. The van der Waals surface area contributed by atoms with Gasteiger partial charge in [0.05, 0.1) is 6.61 Å². The number of aromatic nitrogens is 1. The number of esters is 1. The SMILES string of the molecule is CCOC(=O)CNC(=O)Cn1c(C)cc(=O)cc1C. The van der Waals surface area contributed by atoms with Gasteiger partial charge in [-0.15, -0.1) is 0 Å². The normalized spacial score (nSPS) is 10.1. The van der Waals surface area contributed by atoms with Gasteiger partial charge in [-0.2, -0.15) is 0 Å². The monoisotopic (exact) mass is 266 g/mol. The maximum absolute atomic E-state index is 11.7. The summed E-state index contributed by atoms with van der Waals surface area (Å²) in [5.41, 5.74) is 1.32. The molecule has 0 aliphatic carbocycles. The number of nitrogens with zero attached hydrogens (tertiary/aromatic N) is 1. The summed E-state index contributed by atoms with van der Waals surface area (Å²) in [6.07, 6.45) is 0. The molecule has 6 heteroatoms. The molecule has 1 heterocycles. The van der Waals surface area contributed by atoms with Crippen molar-refractivity contribution in [1.29, 1.82) is 0 Å². The molecule has 6 nitrogen and oxygen atoms in total. The Morgan fingerprint density at radius 1 is 1.26 bits per heavy atom. The molecule has 0 aliphatic heterocycles.